The number of para-hydroxylation sites is 1. The highest BCUT2D eigenvalue weighted by Gasteiger charge is 2.51. The molecule has 2 unspecified atom stereocenters. The average Bonchev–Trinajstić information content (AvgIpc) is 2.81. The number of carboxylic acid groups (broad SMARTS) is 1. The molecule has 1 N–H and O–H groups in total. The quantitative estimate of drug-likeness (QED) is 0.435. The van der Waals surface area contributed by atoms with Crippen LogP contribution in [0.4, 0.5) is 5.69 Å². The molecule has 4 rings (SSSR count). The molecule has 0 amide bonds. The van der Waals surface area contributed by atoms with E-state index in [1.807, 2.05) is 68.3 Å². The van der Waals surface area contributed by atoms with E-state index < -0.39 is 19.1 Å². The molecule has 35 heavy (non-hydrogen) atoms. The normalized spacial score (nSPS) is 17.9. The number of carboxylic acids is 1. The molecule has 0 saturated heterocycles. The van der Waals surface area contributed by atoms with Crippen molar-refractivity contribution in [3.8, 4) is 11.5 Å². The summed E-state index contributed by atoms with van der Waals surface area (Å²) >= 11 is 0. The van der Waals surface area contributed by atoms with Crippen LogP contribution >= 0.6 is 7.52 Å². The summed E-state index contributed by atoms with van der Waals surface area (Å²) in [4.78, 5) is 15.7. The van der Waals surface area contributed by atoms with E-state index in [4.69, 9.17) is 9.26 Å². The first-order valence-electron chi connectivity index (χ1n) is 11.0. The fourth-order valence-electron chi connectivity index (χ4n) is 3.99. The van der Waals surface area contributed by atoms with Crippen molar-refractivity contribution in [2.75, 3.05) is 47.2 Å². The lowest BCUT2D eigenvalue weighted by Crippen LogP contribution is -2.26. The maximum absolute atomic E-state index is 14.8. The van der Waals surface area contributed by atoms with Crippen molar-refractivity contribution in [2.24, 2.45) is 0 Å². The molecule has 0 radical (unpaired) electrons. The Labute approximate surface area is 205 Å². The summed E-state index contributed by atoms with van der Waals surface area (Å²) in [6.45, 7) is 0. The van der Waals surface area contributed by atoms with Gasteiger partial charge in [0.05, 0.1) is 6.08 Å². The molecule has 2 aromatic rings. The van der Waals surface area contributed by atoms with Crippen molar-refractivity contribution in [3.05, 3.63) is 88.8 Å². The number of carbonyl (C=O) groups is 1. The smallest absolute Gasteiger partial charge is 0.339 e. The van der Waals surface area contributed by atoms with Gasteiger partial charge in [0.15, 0.2) is 22.7 Å². The van der Waals surface area contributed by atoms with Crippen LogP contribution in [0.3, 0.4) is 0 Å². The second kappa shape index (κ2) is 9.23. The van der Waals surface area contributed by atoms with E-state index in [1.165, 1.54) is 16.8 Å². The Morgan fingerprint density at radius 3 is 2.40 bits per heavy atom. The third-order valence-electron chi connectivity index (χ3n) is 5.97. The summed E-state index contributed by atoms with van der Waals surface area (Å²) in [5, 5.41) is 9.67. The SMILES string of the molecule is CN(C)C1=CC2=C([C+]=C1)C(P(=O)(Oc1ccccc1C(=O)O)N(C)C)c1ccc(N(C)C)cc1O2. The van der Waals surface area contributed by atoms with Crippen LogP contribution in [-0.4, -0.2) is 62.9 Å². The molecule has 2 aromatic carbocycles. The fraction of sp³-hybridized carbons (Fsp3) is 0.269. The van der Waals surface area contributed by atoms with Gasteiger partial charge in [-0.25, -0.2) is 9.46 Å². The van der Waals surface area contributed by atoms with E-state index in [0.29, 0.717) is 22.6 Å². The van der Waals surface area contributed by atoms with Gasteiger partial charge in [-0.15, -0.1) is 0 Å². The monoisotopic (exact) mass is 494 g/mol. The Balaban J connectivity index is 1.93. The number of allylic oxidation sites excluding steroid dienone is 4. The summed E-state index contributed by atoms with van der Waals surface area (Å²) in [5.74, 6) is -0.0186. The number of aromatic carboxylic acids is 1. The lowest BCUT2D eigenvalue weighted by molar-refractivity contribution is 0.0695. The Hall–Kier alpha value is -3.57. The van der Waals surface area contributed by atoms with Crippen molar-refractivity contribution in [1.29, 1.82) is 0 Å². The van der Waals surface area contributed by atoms with Gasteiger partial charge in [0.2, 0.25) is 5.76 Å². The van der Waals surface area contributed by atoms with Crippen LogP contribution in [-0.2, 0) is 4.57 Å². The molecular weight excluding hydrogens is 465 g/mol. The minimum Gasteiger partial charge on any atom is -0.478 e. The van der Waals surface area contributed by atoms with E-state index in [0.717, 1.165) is 11.4 Å². The number of likely N-dealkylation sites (N-methyl/N-ethyl adjacent to an activating group) is 1. The Bertz CT molecular complexity index is 1310. The van der Waals surface area contributed by atoms with Gasteiger partial charge in [0.25, 0.3) is 0 Å². The molecule has 1 aliphatic carbocycles. The zero-order chi connectivity index (χ0) is 25.5. The third kappa shape index (κ3) is 4.44. The molecule has 2 aliphatic rings. The van der Waals surface area contributed by atoms with Crippen LogP contribution in [0.1, 0.15) is 21.6 Å². The van der Waals surface area contributed by atoms with Gasteiger partial charge in [-0.3, -0.25) is 4.57 Å². The minimum atomic E-state index is -3.77. The maximum Gasteiger partial charge on any atom is 0.339 e. The zero-order valence-corrected chi connectivity index (χ0v) is 21.5. The number of benzene rings is 2. The second-order valence-electron chi connectivity index (χ2n) is 8.96. The van der Waals surface area contributed by atoms with E-state index >= 15 is 0 Å². The molecule has 1 aliphatic heterocycles. The molecule has 9 heteroatoms. The lowest BCUT2D eigenvalue weighted by Gasteiger charge is -2.34. The Morgan fingerprint density at radius 2 is 1.77 bits per heavy atom. The van der Waals surface area contributed by atoms with Crippen LogP contribution in [0, 0.1) is 6.08 Å². The summed E-state index contributed by atoms with van der Waals surface area (Å²) < 4.78 is 28.8. The van der Waals surface area contributed by atoms with Crippen LogP contribution < -0.4 is 14.2 Å². The van der Waals surface area contributed by atoms with Crippen molar-refractivity contribution in [3.63, 3.8) is 0 Å². The van der Waals surface area contributed by atoms with Crippen LogP contribution in [0.15, 0.2) is 71.6 Å². The van der Waals surface area contributed by atoms with Crippen molar-refractivity contribution in [2.45, 2.75) is 5.66 Å². The fourth-order valence-corrected chi connectivity index (χ4v) is 6.25. The number of fused-ring (bicyclic) bond motifs is 1. The summed E-state index contributed by atoms with van der Waals surface area (Å²) in [5.41, 5.74) is 2.26. The zero-order valence-electron chi connectivity index (χ0n) is 20.6. The lowest BCUT2D eigenvalue weighted by atomic mass is 9.96. The standard InChI is InChI=1S/C26H28N3O5P/c1-27(2)17-11-13-19-23(15-17)33-24-16-18(28(3)4)12-14-20(24)25(19)35(32,29(5)6)34-22-10-8-7-9-21(22)26(30)31/h7-13,15-16,25H,1-6H3/p+1. The third-order valence-corrected chi connectivity index (χ3v) is 8.73. The molecular formula is C26H29N3O5P+. The molecule has 8 nitrogen and oxygen atoms in total. The predicted molar refractivity (Wildman–Crippen MR) is 136 cm³/mol. The highest BCUT2D eigenvalue weighted by Crippen LogP contribution is 2.67. The van der Waals surface area contributed by atoms with Gasteiger partial charge in [-0.2, -0.15) is 0 Å². The van der Waals surface area contributed by atoms with Gasteiger partial charge in [0, 0.05) is 45.5 Å². The van der Waals surface area contributed by atoms with E-state index in [2.05, 4.69) is 6.08 Å². The molecule has 2 atom stereocenters. The van der Waals surface area contributed by atoms with Crippen molar-refractivity contribution in [1.82, 2.24) is 9.57 Å². The van der Waals surface area contributed by atoms with E-state index in [9.17, 15) is 14.5 Å². The first kappa shape index (κ1) is 24.6. The van der Waals surface area contributed by atoms with E-state index in [-0.39, 0.29) is 11.3 Å². The van der Waals surface area contributed by atoms with Crippen LogP contribution in [0.25, 0.3) is 0 Å². The van der Waals surface area contributed by atoms with Crippen molar-refractivity contribution < 1.29 is 23.7 Å². The average molecular weight is 495 g/mol. The molecule has 1 heterocycles. The number of rotatable bonds is 7. The number of ether oxygens (including phenoxy) is 1. The number of hydrogen-bond acceptors (Lipinski definition) is 6. The summed E-state index contributed by atoms with van der Waals surface area (Å²) in [6.07, 6.45) is 6.98. The number of anilines is 1. The van der Waals surface area contributed by atoms with Gasteiger partial charge >= 0.3 is 13.5 Å². The highest BCUT2D eigenvalue weighted by molar-refractivity contribution is 7.57. The van der Waals surface area contributed by atoms with Crippen molar-refractivity contribution >= 4 is 19.2 Å². The number of hydrogen-bond donors (Lipinski definition) is 1. The van der Waals surface area contributed by atoms with Crippen LogP contribution in [0.5, 0.6) is 11.5 Å². The van der Waals surface area contributed by atoms with Gasteiger partial charge in [-0.1, -0.05) is 18.2 Å². The summed E-state index contributed by atoms with van der Waals surface area (Å²) in [6, 6.07) is 11.9. The number of nitrogens with zero attached hydrogens (tertiary/aromatic N) is 3. The predicted octanol–water partition coefficient (Wildman–Crippen LogP) is 4.79. The summed E-state index contributed by atoms with van der Waals surface area (Å²) in [7, 11) is 7.28. The minimum absolute atomic E-state index is 0.0430. The molecule has 0 aromatic heterocycles. The second-order valence-corrected chi connectivity index (χ2v) is 11.6. The Morgan fingerprint density at radius 1 is 1.06 bits per heavy atom. The largest absolute Gasteiger partial charge is 0.478 e. The topological polar surface area (TPSA) is 82.5 Å². The molecule has 0 saturated carbocycles. The first-order valence-corrected chi connectivity index (χ1v) is 12.7. The van der Waals surface area contributed by atoms with Gasteiger partial charge in [-0.05, 0) is 32.3 Å². The molecule has 0 fully saturated rings. The van der Waals surface area contributed by atoms with E-state index in [1.54, 1.807) is 26.2 Å². The Kier molecular flexibility index (Phi) is 6.48. The van der Waals surface area contributed by atoms with Gasteiger partial charge in [0.1, 0.15) is 23.5 Å². The van der Waals surface area contributed by atoms with Gasteiger partial charge < -0.3 is 24.2 Å². The first-order chi connectivity index (χ1) is 16.5. The molecule has 0 bridgehead atoms. The van der Waals surface area contributed by atoms with Crippen LogP contribution in [0.2, 0.25) is 0 Å². The highest BCUT2D eigenvalue weighted by atomic mass is 31.2. The molecule has 0 spiro atoms. The molecule has 182 valence electrons. The maximum atomic E-state index is 14.8.